The lowest BCUT2D eigenvalue weighted by molar-refractivity contribution is 0.0943. The zero-order valence-corrected chi connectivity index (χ0v) is 15.4. The molecule has 2 aromatic heterocycles. The molecule has 1 amide bonds. The number of hydrogen-bond acceptors (Lipinski definition) is 4. The Bertz CT molecular complexity index is 938. The van der Waals surface area contributed by atoms with Crippen LogP contribution in [0, 0.1) is 0 Å². The molecule has 0 saturated heterocycles. The minimum absolute atomic E-state index is 0.0405. The van der Waals surface area contributed by atoms with Gasteiger partial charge in [-0.1, -0.05) is 30.9 Å². The number of imidazole rings is 1. The molecule has 1 fully saturated rings. The number of hydrogen-bond donors (Lipinski definition) is 1. The summed E-state index contributed by atoms with van der Waals surface area (Å²) < 4.78 is 26.7. The van der Waals surface area contributed by atoms with Crippen LogP contribution >= 0.6 is 11.6 Å². The minimum Gasteiger partial charge on any atom is -0.343 e. The van der Waals surface area contributed by atoms with E-state index in [2.05, 4.69) is 20.3 Å². The van der Waals surface area contributed by atoms with Gasteiger partial charge in [0.05, 0.1) is 30.0 Å². The number of nitrogens with zero attached hydrogens (tertiary/aromatic N) is 4. The van der Waals surface area contributed by atoms with Crippen molar-refractivity contribution in [2.75, 3.05) is 0 Å². The third kappa shape index (κ3) is 4.97. The van der Waals surface area contributed by atoms with Crippen molar-refractivity contribution in [3.63, 3.8) is 0 Å². The van der Waals surface area contributed by atoms with Crippen LogP contribution in [0.3, 0.4) is 0 Å². The first-order valence-corrected chi connectivity index (χ1v) is 8.82. The highest BCUT2D eigenvalue weighted by Crippen LogP contribution is 2.19. The molecule has 9 heteroatoms. The summed E-state index contributed by atoms with van der Waals surface area (Å²) >= 11 is 5.94. The first kappa shape index (κ1) is 19.2. The molecule has 0 radical (unpaired) electrons. The number of nitrogens with one attached hydrogen (secondary N) is 1. The molecule has 1 aliphatic rings. The van der Waals surface area contributed by atoms with E-state index < -0.39 is 18.0 Å². The quantitative estimate of drug-likeness (QED) is 0.725. The smallest absolute Gasteiger partial charge is 0.281 e. The summed E-state index contributed by atoms with van der Waals surface area (Å²) in [6.07, 6.45) is 3.68. The maximum Gasteiger partial charge on any atom is 0.281 e. The maximum atomic E-state index is 12.4. The summed E-state index contributed by atoms with van der Waals surface area (Å²) in [5, 5.41) is 3.21. The van der Waals surface area contributed by atoms with Gasteiger partial charge in [-0.3, -0.25) is 9.78 Å². The van der Waals surface area contributed by atoms with E-state index in [1.54, 1.807) is 12.1 Å². The lowest BCUT2D eigenvalue weighted by Gasteiger charge is -2.05. The van der Waals surface area contributed by atoms with E-state index in [0.717, 1.165) is 23.4 Å². The highest BCUT2D eigenvalue weighted by Gasteiger charge is 2.14. The van der Waals surface area contributed by atoms with Crippen LogP contribution in [-0.4, -0.2) is 25.4 Å². The standard InChI is InChI=1S/C15H12ClF2N5O.C3H6/c1-23-12-3-2-8(16)4-9(12)22-13(23)7-21-15(24)11-6-19-10(5-20-11)14(17)18;1-2-3-1/h2-6,14H,7H2,1H3,(H,21,24);1-3H2. The van der Waals surface area contributed by atoms with E-state index in [-0.39, 0.29) is 12.2 Å². The summed E-state index contributed by atoms with van der Waals surface area (Å²) in [4.78, 5) is 23.6. The number of carbonyl (C=O) groups excluding carboxylic acids is 1. The lowest BCUT2D eigenvalue weighted by atomic mass is 10.3. The first-order valence-electron chi connectivity index (χ1n) is 8.45. The molecule has 0 unspecified atom stereocenters. The normalized spacial score (nSPS) is 12.6. The van der Waals surface area contributed by atoms with E-state index in [9.17, 15) is 13.6 Å². The summed E-state index contributed by atoms with van der Waals surface area (Å²) in [5.74, 6) is 0.103. The number of carbonyl (C=O) groups is 1. The Kier molecular flexibility index (Phi) is 5.95. The van der Waals surface area contributed by atoms with Crippen molar-refractivity contribution in [1.29, 1.82) is 0 Å². The van der Waals surface area contributed by atoms with Crippen LogP contribution in [-0.2, 0) is 13.6 Å². The number of alkyl halides is 2. The number of fused-ring (bicyclic) bond motifs is 1. The Morgan fingerprint density at radius 1 is 1.26 bits per heavy atom. The van der Waals surface area contributed by atoms with Crippen LogP contribution in [0.2, 0.25) is 5.02 Å². The molecular weight excluding hydrogens is 376 g/mol. The molecule has 2 heterocycles. The summed E-state index contributed by atoms with van der Waals surface area (Å²) in [5.41, 5.74) is 1.08. The topological polar surface area (TPSA) is 72.7 Å². The average molecular weight is 394 g/mol. The SMILES string of the molecule is C1CC1.Cn1c(CNC(=O)c2cnc(C(F)F)cn2)nc2cc(Cl)ccc21. The molecule has 6 nitrogen and oxygen atoms in total. The molecule has 0 aliphatic heterocycles. The van der Waals surface area contributed by atoms with Crippen molar-refractivity contribution in [3.05, 3.63) is 52.8 Å². The number of amides is 1. The highest BCUT2D eigenvalue weighted by atomic mass is 35.5. The van der Waals surface area contributed by atoms with Gasteiger partial charge in [0, 0.05) is 12.1 Å². The van der Waals surface area contributed by atoms with Gasteiger partial charge in [0.1, 0.15) is 17.2 Å². The van der Waals surface area contributed by atoms with E-state index >= 15 is 0 Å². The number of benzene rings is 1. The number of halogens is 3. The predicted octanol–water partition coefficient (Wildman–Crippen LogP) is 4.05. The van der Waals surface area contributed by atoms with Gasteiger partial charge in [0.25, 0.3) is 12.3 Å². The second-order valence-electron chi connectivity index (χ2n) is 6.09. The molecule has 1 aliphatic carbocycles. The third-order valence-electron chi connectivity index (χ3n) is 3.82. The number of aryl methyl sites for hydroxylation is 1. The van der Waals surface area contributed by atoms with E-state index in [0.29, 0.717) is 10.8 Å². The predicted molar refractivity (Wildman–Crippen MR) is 97.7 cm³/mol. The van der Waals surface area contributed by atoms with Gasteiger partial charge >= 0.3 is 0 Å². The zero-order valence-electron chi connectivity index (χ0n) is 14.6. The molecule has 0 bridgehead atoms. The van der Waals surface area contributed by atoms with Crippen LogP contribution in [0.15, 0.2) is 30.6 Å². The molecule has 3 aromatic rings. The molecule has 0 atom stereocenters. The Morgan fingerprint density at radius 3 is 2.59 bits per heavy atom. The Labute approximate surface area is 159 Å². The molecular formula is C18H18ClF2N5O. The summed E-state index contributed by atoms with van der Waals surface area (Å²) in [7, 11) is 1.82. The van der Waals surface area contributed by atoms with E-state index in [4.69, 9.17) is 11.6 Å². The second-order valence-corrected chi connectivity index (χ2v) is 6.53. The maximum absolute atomic E-state index is 12.4. The van der Waals surface area contributed by atoms with Crippen LogP contribution in [0.25, 0.3) is 11.0 Å². The van der Waals surface area contributed by atoms with Crippen LogP contribution in [0.5, 0.6) is 0 Å². The van der Waals surface area contributed by atoms with Crippen molar-refractivity contribution >= 4 is 28.5 Å². The average Bonchev–Trinajstić information content (AvgIpc) is 3.50. The number of rotatable bonds is 4. The van der Waals surface area contributed by atoms with E-state index in [1.165, 1.54) is 19.3 Å². The second kappa shape index (κ2) is 8.39. The van der Waals surface area contributed by atoms with Gasteiger partial charge in [-0.2, -0.15) is 0 Å². The summed E-state index contributed by atoms with van der Waals surface area (Å²) in [6, 6.07) is 5.33. The van der Waals surface area contributed by atoms with Gasteiger partial charge < -0.3 is 9.88 Å². The van der Waals surface area contributed by atoms with Crippen molar-refractivity contribution in [1.82, 2.24) is 24.8 Å². The Hall–Kier alpha value is -2.61. The fourth-order valence-electron chi connectivity index (χ4n) is 2.20. The van der Waals surface area contributed by atoms with Crippen LogP contribution < -0.4 is 5.32 Å². The molecule has 1 N–H and O–H groups in total. The highest BCUT2D eigenvalue weighted by molar-refractivity contribution is 6.31. The van der Waals surface area contributed by atoms with E-state index in [1.807, 2.05) is 17.7 Å². The molecule has 142 valence electrons. The monoisotopic (exact) mass is 393 g/mol. The fourth-order valence-corrected chi connectivity index (χ4v) is 2.37. The van der Waals surface area contributed by atoms with Gasteiger partial charge in [-0.25, -0.2) is 18.7 Å². The Morgan fingerprint density at radius 2 is 2.00 bits per heavy atom. The lowest BCUT2D eigenvalue weighted by Crippen LogP contribution is -2.25. The molecule has 1 aromatic carbocycles. The molecule has 4 rings (SSSR count). The summed E-state index contributed by atoms with van der Waals surface area (Å²) in [6.45, 7) is 0.153. The molecule has 27 heavy (non-hydrogen) atoms. The van der Waals surface area contributed by atoms with Crippen molar-refractivity contribution in [2.24, 2.45) is 7.05 Å². The molecule has 0 spiro atoms. The third-order valence-corrected chi connectivity index (χ3v) is 4.06. The largest absolute Gasteiger partial charge is 0.343 e. The molecule has 1 saturated carbocycles. The Balaban J connectivity index is 0.000000637. The van der Waals surface area contributed by atoms with Gasteiger partial charge in [0.2, 0.25) is 0 Å². The fraction of sp³-hybridized carbons (Fsp3) is 0.333. The van der Waals surface area contributed by atoms with Gasteiger partial charge in [-0.15, -0.1) is 0 Å². The van der Waals surface area contributed by atoms with Gasteiger partial charge in [-0.05, 0) is 18.2 Å². The van der Waals surface area contributed by atoms with Gasteiger partial charge in [0.15, 0.2) is 0 Å². The van der Waals surface area contributed by atoms with Crippen LogP contribution in [0.4, 0.5) is 8.78 Å². The van der Waals surface area contributed by atoms with Crippen LogP contribution in [0.1, 0.15) is 47.7 Å². The first-order chi connectivity index (χ1) is 13.0. The van der Waals surface area contributed by atoms with Crippen molar-refractivity contribution in [2.45, 2.75) is 32.2 Å². The van der Waals surface area contributed by atoms with Crippen molar-refractivity contribution in [3.8, 4) is 0 Å². The minimum atomic E-state index is -2.72. The zero-order chi connectivity index (χ0) is 19.4. The number of aromatic nitrogens is 4. The van der Waals surface area contributed by atoms with Crippen molar-refractivity contribution < 1.29 is 13.6 Å².